The molecular formula is C22H33N3O2. The molecule has 2 rings (SSSR count). The molecule has 0 saturated heterocycles. The molecule has 0 aliphatic carbocycles. The highest BCUT2D eigenvalue weighted by molar-refractivity contribution is 5.97. The van der Waals surface area contributed by atoms with Gasteiger partial charge in [0.25, 0.3) is 5.91 Å². The first-order chi connectivity index (χ1) is 12.5. The molecule has 0 saturated carbocycles. The van der Waals surface area contributed by atoms with Gasteiger partial charge >= 0.3 is 0 Å². The van der Waals surface area contributed by atoms with Crippen LogP contribution in [0.5, 0.6) is 0 Å². The molecule has 0 atom stereocenters. The van der Waals surface area contributed by atoms with E-state index in [0.717, 1.165) is 30.6 Å². The van der Waals surface area contributed by atoms with Gasteiger partial charge in [-0.2, -0.15) is 0 Å². The molecule has 5 heteroatoms. The molecular weight excluding hydrogens is 338 g/mol. The number of benzene rings is 1. The lowest BCUT2D eigenvalue weighted by molar-refractivity contribution is 0.0887. The van der Waals surface area contributed by atoms with Crippen LogP contribution in [-0.4, -0.2) is 24.5 Å². The van der Waals surface area contributed by atoms with Crippen LogP contribution in [0.25, 0.3) is 11.0 Å². The summed E-state index contributed by atoms with van der Waals surface area (Å²) in [5, 5.41) is 12.1. The molecule has 0 bridgehead atoms. The van der Waals surface area contributed by atoms with Gasteiger partial charge in [0.1, 0.15) is 11.1 Å². The van der Waals surface area contributed by atoms with Gasteiger partial charge in [0.15, 0.2) is 0 Å². The van der Waals surface area contributed by atoms with Gasteiger partial charge in [-0.1, -0.05) is 20.8 Å². The van der Waals surface area contributed by atoms with E-state index in [1.165, 1.54) is 0 Å². The van der Waals surface area contributed by atoms with Gasteiger partial charge in [-0.25, -0.2) is 0 Å². The maximum atomic E-state index is 12.8. The molecule has 0 fully saturated rings. The van der Waals surface area contributed by atoms with Gasteiger partial charge in [-0.05, 0) is 57.7 Å². The summed E-state index contributed by atoms with van der Waals surface area (Å²) in [6.07, 6.45) is 0.830. The Balaban J connectivity index is 2.34. The number of rotatable bonds is 6. The number of hydrogen-bond donors (Lipinski definition) is 2. The van der Waals surface area contributed by atoms with Gasteiger partial charge in [-0.15, -0.1) is 0 Å². The number of anilines is 1. The van der Waals surface area contributed by atoms with Crippen LogP contribution in [0.3, 0.4) is 0 Å². The van der Waals surface area contributed by atoms with Gasteiger partial charge in [0.2, 0.25) is 5.55 Å². The molecule has 5 nitrogen and oxygen atoms in total. The molecule has 148 valence electrons. The lowest BCUT2D eigenvalue weighted by Gasteiger charge is -2.33. The molecule has 0 unspecified atom stereocenters. The first kappa shape index (κ1) is 21.0. The third kappa shape index (κ3) is 5.34. The van der Waals surface area contributed by atoms with E-state index in [2.05, 4.69) is 44.8 Å². The minimum absolute atomic E-state index is 0.0924. The van der Waals surface area contributed by atoms with Crippen molar-refractivity contribution in [3.63, 3.8) is 0 Å². The summed E-state index contributed by atoms with van der Waals surface area (Å²) in [7, 11) is 0. The van der Waals surface area contributed by atoms with Crippen molar-refractivity contribution in [3.05, 3.63) is 35.4 Å². The van der Waals surface area contributed by atoms with Crippen molar-refractivity contribution in [3.8, 4) is 0 Å². The topological polar surface area (TPSA) is 69.3 Å². The zero-order chi connectivity index (χ0) is 20.4. The predicted octanol–water partition coefficient (Wildman–Crippen LogP) is 4.70. The highest BCUT2D eigenvalue weighted by atomic mass is 16.3. The van der Waals surface area contributed by atoms with E-state index in [4.69, 9.17) is 9.83 Å². The second-order valence-corrected chi connectivity index (χ2v) is 8.96. The highest BCUT2D eigenvalue weighted by Crippen LogP contribution is 2.27. The van der Waals surface area contributed by atoms with Crippen molar-refractivity contribution in [2.75, 3.05) is 18.0 Å². The van der Waals surface area contributed by atoms with E-state index < -0.39 is 0 Å². The third-order valence-electron chi connectivity index (χ3n) is 4.55. The zero-order valence-corrected chi connectivity index (χ0v) is 17.7. The van der Waals surface area contributed by atoms with Crippen molar-refractivity contribution >= 4 is 22.6 Å². The monoisotopic (exact) mass is 371 g/mol. The fourth-order valence-electron chi connectivity index (χ4n) is 3.82. The van der Waals surface area contributed by atoms with Crippen LogP contribution in [0, 0.1) is 10.8 Å². The van der Waals surface area contributed by atoms with Gasteiger partial charge in [0.05, 0.1) is 0 Å². The molecule has 0 radical (unpaired) electrons. The Hall–Kier alpha value is -2.30. The number of carbonyl (C=O) groups excluding carboxylic acids is 1. The number of nitrogens with one attached hydrogen (secondary N) is 2. The van der Waals surface area contributed by atoms with Crippen molar-refractivity contribution < 1.29 is 9.21 Å². The second-order valence-electron chi connectivity index (χ2n) is 8.96. The molecule has 1 aromatic carbocycles. The van der Waals surface area contributed by atoms with Crippen molar-refractivity contribution in [1.29, 1.82) is 5.41 Å². The second kappa shape index (κ2) is 7.75. The van der Waals surface area contributed by atoms with E-state index in [1.54, 1.807) is 6.07 Å². The smallest absolute Gasteiger partial charge is 0.257 e. The summed E-state index contributed by atoms with van der Waals surface area (Å²) in [5.74, 6) is -0.271. The van der Waals surface area contributed by atoms with Crippen LogP contribution in [0.4, 0.5) is 5.69 Å². The molecule has 0 aliphatic rings. The Morgan fingerprint density at radius 1 is 1.11 bits per heavy atom. The molecule has 0 aliphatic heterocycles. The van der Waals surface area contributed by atoms with E-state index in [1.807, 2.05) is 32.0 Å². The minimum Gasteiger partial charge on any atom is -0.438 e. The number of nitrogens with zero attached hydrogens (tertiary/aromatic N) is 1. The number of hydrogen-bond acceptors (Lipinski definition) is 4. The van der Waals surface area contributed by atoms with Crippen LogP contribution in [0.15, 0.2) is 28.7 Å². The maximum Gasteiger partial charge on any atom is 0.257 e. The van der Waals surface area contributed by atoms with E-state index in [-0.39, 0.29) is 28.0 Å². The van der Waals surface area contributed by atoms with Crippen LogP contribution in [0.2, 0.25) is 0 Å². The largest absolute Gasteiger partial charge is 0.438 e. The fourth-order valence-corrected chi connectivity index (χ4v) is 3.82. The average molecular weight is 372 g/mol. The van der Waals surface area contributed by atoms with Crippen molar-refractivity contribution in [2.24, 2.45) is 5.41 Å². The quantitative estimate of drug-likeness (QED) is 0.773. The summed E-state index contributed by atoms with van der Waals surface area (Å²) >= 11 is 0. The molecule has 1 amide bonds. The first-order valence-corrected chi connectivity index (χ1v) is 9.66. The summed E-state index contributed by atoms with van der Waals surface area (Å²) in [6.45, 7) is 16.5. The number of amides is 1. The van der Waals surface area contributed by atoms with Gasteiger partial charge in [0, 0.05) is 35.8 Å². The van der Waals surface area contributed by atoms with Gasteiger partial charge in [-0.3, -0.25) is 10.2 Å². The Bertz CT molecular complexity index is 871. The molecule has 1 heterocycles. The molecule has 0 spiro atoms. The average Bonchev–Trinajstić information content (AvgIpc) is 2.52. The summed E-state index contributed by atoms with van der Waals surface area (Å²) in [4.78, 5) is 15.0. The highest BCUT2D eigenvalue weighted by Gasteiger charge is 2.28. The molecule has 27 heavy (non-hydrogen) atoms. The van der Waals surface area contributed by atoms with Crippen LogP contribution >= 0.6 is 0 Å². The SMILES string of the molecule is CCN(CC)c1ccc2cc(C(=O)NC(C)(C)CC(C)(C)C)c(=N)oc2c1. The minimum atomic E-state index is -0.372. The molecule has 1 aromatic heterocycles. The summed E-state index contributed by atoms with van der Waals surface area (Å²) < 4.78 is 5.69. The van der Waals surface area contributed by atoms with E-state index >= 15 is 0 Å². The zero-order valence-electron chi connectivity index (χ0n) is 17.7. The Labute approximate surface area is 162 Å². The predicted molar refractivity (Wildman–Crippen MR) is 111 cm³/mol. The van der Waals surface area contributed by atoms with Gasteiger partial charge < -0.3 is 14.6 Å². The number of fused-ring (bicyclic) bond motifs is 1. The standard InChI is InChI=1S/C22H33N3O2/c1-8-25(9-2)16-11-10-15-12-17(19(23)27-18(15)13-16)20(26)24-22(6,7)14-21(3,4)5/h10-13,23H,8-9,14H2,1-7H3,(H,24,26). The van der Waals surface area contributed by atoms with Crippen molar-refractivity contribution in [1.82, 2.24) is 5.32 Å². The Morgan fingerprint density at radius 2 is 1.74 bits per heavy atom. The van der Waals surface area contributed by atoms with Crippen molar-refractivity contribution in [2.45, 2.75) is 60.4 Å². The normalized spacial score (nSPS) is 12.3. The summed E-state index contributed by atoms with van der Waals surface area (Å²) in [6, 6.07) is 7.66. The molecule has 2 aromatic rings. The van der Waals surface area contributed by atoms with Crippen LogP contribution in [-0.2, 0) is 0 Å². The fraction of sp³-hybridized carbons (Fsp3) is 0.545. The number of carbonyl (C=O) groups is 1. The maximum absolute atomic E-state index is 12.8. The first-order valence-electron chi connectivity index (χ1n) is 9.66. The van der Waals surface area contributed by atoms with E-state index in [9.17, 15) is 4.79 Å². The Morgan fingerprint density at radius 3 is 2.30 bits per heavy atom. The lowest BCUT2D eigenvalue weighted by atomic mass is 9.81. The van der Waals surface area contributed by atoms with E-state index in [0.29, 0.717) is 5.58 Å². The van der Waals surface area contributed by atoms with Crippen LogP contribution < -0.4 is 15.8 Å². The van der Waals surface area contributed by atoms with Crippen LogP contribution in [0.1, 0.15) is 65.2 Å². The molecule has 2 N–H and O–H groups in total. The Kier molecular flexibility index (Phi) is 6.03. The lowest BCUT2D eigenvalue weighted by Crippen LogP contribution is -2.46. The summed E-state index contributed by atoms with van der Waals surface area (Å²) in [5.41, 5.74) is 1.55. The third-order valence-corrected chi connectivity index (χ3v) is 4.55.